The number of hydrogen-bond acceptors (Lipinski definition) is 5. The molecule has 1 aliphatic carbocycles. The summed E-state index contributed by atoms with van der Waals surface area (Å²) < 4.78 is 0. The van der Waals surface area contributed by atoms with Crippen molar-refractivity contribution in [3.8, 4) is 0 Å². The average molecular weight is 413 g/mol. The molecule has 2 aromatic rings. The Labute approximate surface area is 175 Å². The number of hydrogen-bond donors (Lipinski definition) is 1. The molecule has 6 nitrogen and oxygen atoms in total. The molecule has 0 bridgehead atoms. The van der Waals surface area contributed by atoms with E-state index in [1.54, 1.807) is 17.5 Å². The molecular weight excluding hydrogens is 384 g/mol. The number of amides is 2. The van der Waals surface area contributed by atoms with Crippen LogP contribution in [0, 0.1) is 6.92 Å². The maximum atomic E-state index is 12.5. The van der Waals surface area contributed by atoms with E-state index in [1.807, 2.05) is 29.3 Å². The van der Waals surface area contributed by atoms with Crippen LogP contribution < -0.4 is 5.32 Å². The highest BCUT2D eigenvalue weighted by atomic mass is 32.1. The van der Waals surface area contributed by atoms with Gasteiger partial charge in [0, 0.05) is 42.3 Å². The lowest BCUT2D eigenvalue weighted by Gasteiger charge is -2.31. The lowest BCUT2D eigenvalue weighted by molar-refractivity contribution is -0.131. The van der Waals surface area contributed by atoms with E-state index in [2.05, 4.69) is 15.3 Å². The maximum Gasteiger partial charge on any atom is 0.253 e. The van der Waals surface area contributed by atoms with Crippen molar-refractivity contribution in [2.24, 2.45) is 0 Å². The molecule has 1 aliphatic heterocycles. The second-order valence-corrected chi connectivity index (χ2v) is 9.18. The molecule has 0 unspecified atom stereocenters. The van der Waals surface area contributed by atoms with Crippen molar-refractivity contribution in [1.82, 2.24) is 20.2 Å². The van der Waals surface area contributed by atoms with E-state index in [-0.39, 0.29) is 11.8 Å². The maximum absolute atomic E-state index is 12.5. The predicted molar refractivity (Wildman–Crippen MR) is 113 cm³/mol. The van der Waals surface area contributed by atoms with Crippen LogP contribution in [-0.4, -0.2) is 45.8 Å². The molecule has 1 N–H and O–H groups in total. The topological polar surface area (TPSA) is 75.2 Å². The van der Waals surface area contributed by atoms with Crippen molar-refractivity contribution in [3.05, 3.63) is 45.7 Å². The minimum atomic E-state index is -0.0198. The third-order valence-corrected chi connectivity index (χ3v) is 6.83. The van der Waals surface area contributed by atoms with E-state index in [9.17, 15) is 9.59 Å². The molecule has 1 saturated carbocycles. The Bertz CT molecular complexity index is 850. The van der Waals surface area contributed by atoms with E-state index in [1.165, 1.54) is 12.8 Å². The highest BCUT2D eigenvalue weighted by Crippen LogP contribution is 2.27. The molecule has 7 heteroatoms. The number of rotatable bonds is 5. The molecule has 2 fully saturated rings. The Hall–Kier alpha value is -2.28. The van der Waals surface area contributed by atoms with Gasteiger partial charge in [-0.25, -0.2) is 4.98 Å². The van der Waals surface area contributed by atoms with Crippen LogP contribution in [0.3, 0.4) is 0 Å². The Morgan fingerprint density at radius 1 is 1.17 bits per heavy atom. The molecule has 1 saturated heterocycles. The predicted octanol–water partition coefficient (Wildman–Crippen LogP) is 3.47. The standard InChI is InChI=1S/C22H28N4O2S/c1-15-24-19(14-29-15)12-21(27)26-10-8-16(9-11-26)20-7-6-17(13-23-20)22(28)25-18-4-2-3-5-18/h6-7,13-14,16,18H,2-5,8-12H2,1H3,(H,25,28). The summed E-state index contributed by atoms with van der Waals surface area (Å²) in [5.74, 6) is 0.474. The van der Waals surface area contributed by atoms with Gasteiger partial charge in [-0.05, 0) is 44.7 Å². The molecule has 0 radical (unpaired) electrons. The molecule has 0 aromatic carbocycles. The van der Waals surface area contributed by atoms with Gasteiger partial charge < -0.3 is 10.2 Å². The van der Waals surface area contributed by atoms with E-state index in [0.29, 0.717) is 23.9 Å². The monoisotopic (exact) mass is 412 g/mol. The molecular formula is C22H28N4O2S. The summed E-state index contributed by atoms with van der Waals surface area (Å²) in [5, 5.41) is 6.07. The second kappa shape index (κ2) is 9.03. The fourth-order valence-electron chi connectivity index (χ4n) is 4.30. The summed E-state index contributed by atoms with van der Waals surface area (Å²) in [7, 11) is 0. The SMILES string of the molecule is Cc1nc(CC(=O)N2CCC(c3ccc(C(=O)NC4CCCC4)cn3)CC2)cs1. The fourth-order valence-corrected chi connectivity index (χ4v) is 4.91. The second-order valence-electron chi connectivity index (χ2n) is 8.12. The molecule has 2 amide bonds. The number of piperidine rings is 1. The lowest BCUT2D eigenvalue weighted by Crippen LogP contribution is -2.39. The van der Waals surface area contributed by atoms with Gasteiger partial charge in [0.15, 0.2) is 0 Å². The molecule has 4 rings (SSSR count). The van der Waals surface area contributed by atoms with Crippen LogP contribution in [0.25, 0.3) is 0 Å². The summed E-state index contributed by atoms with van der Waals surface area (Å²) in [4.78, 5) is 35.8. The highest BCUT2D eigenvalue weighted by molar-refractivity contribution is 7.09. The highest BCUT2D eigenvalue weighted by Gasteiger charge is 2.25. The fraction of sp³-hybridized carbons (Fsp3) is 0.545. The number of carbonyl (C=O) groups is 2. The summed E-state index contributed by atoms with van der Waals surface area (Å²) in [6.45, 7) is 3.46. The summed E-state index contributed by atoms with van der Waals surface area (Å²) >= 11 is 1.58. The minimum Gasteiger partial charge on any atom is -0.349 e. The number of aromatic nitrogens is 2. The first-order valence-corrected chi connectivity index (χ1v) is 11.4. The van der Waals surface area contributed by atoms with Gasteiger partial charge in [-0.2, -0.15) is 0 Å². The molecule has 0 spiro atoms. The average Bonchev–Trinajstić information content (AvgIpc) is 3.40. The van der Waals surface area contributed by atoms with Crippen LogP contribution in [-0.2, 0) is 11.2 Å². The molecule has 2 aromatic heterocycles. The van der Waals surface area contributed by atoms with Gasteiger partial charge in [-0.1, -0.05) is 12.8 Å². The summed E-state index contributed by atoms with van der Waals surface area (Å²) in [5.41, 5.74) is 2.52. The quantitative estimate of drug-likeness (QED) is 0.816. The minimum absolute atomic E-state index is 0.0198. The Kier molecular flexibility index (Phi) is 6.23. The van der Waals surface area contributed by atoms with Crippen molar-refractivity contribution in [3.63, 3.8) is 0 Å². The normalized spacial score (nSPS) is 18.2. The Balaban J connectivity index is 1.28. The van der Waals surface area contributed by atoms with Crippen LogP contribution in [0.4, 0.5) is 0 Å². The van der Waals surface area contributed by atoms with Gasteiger partial charge in [0.25, 0.3) is 5.91 Å². The zero-order chi connectivity index (χ0) is 20.2. The van der Waals surface area contributed by atoms with Gasteiger partial charge in [0.2, 0.25) is 5.91 Å². The summed E-state index contributed by atoms with van der Waals surface area (Å²) in [6.07, 6.45) is 8.46. The number of pyridine rings is 1. The van der Waals surface area contributed by atoms with E-state index >= 15 is 0 Å². The number of thiazole rings is 1. The molecule has 154 valence electrons. The van der Waals surface area contributed by atoms with Crippen molar-refractivity contribution >= 4 is 23.2 Å². The Morgan fingerprint density at radius 2 is 1.93 bits per heavy atom. The first-order chi connectivity index (χ1) is 14.1. The van der Waals surface area contributed by atoms with Gasteiger partial charge in [-0.3, -0.25) is 14.6 Å². The van der Waals surface area contributed by atoms with Crippen molar-refractivity contribution in [1.29, 1.82) is 0 Å². The van der Waals surface area contributed by atoms with Crippen LogP contribution in [0.5, 0.6) is 0 Å². The third kappa shape index (κ3) is 5.01. The zero-order valence-corrected chi connectivity index (χ0v) is 17.7. The number of nitrogens with zero attached hydrogens (tertiary/aromatic N) is 3. The number of aryl methyl sites for hydroxylation is 1. The van der Waals surface area contributed by atoms with Gasteiger partial charge in [0.1, 0.15) is 0 Å². The first kappa shape index (κ1) is 20.0. The summed E-state index contributed by atoms with van der Waals surface area (Å²) in [6, 6.07) is 4.18. The van der Waals surface area contributed by atoms with Crippen LogP contribution in [0.15, 0.2) is 23.7 Å². The van der Waals surface area contributed by atoms with E-state index in [4.69, 9.17) is 0 Å². The van der Waals surface area contributed by atoms with Crippen LogP contribution >= 0.6 is 11.3 Å². The van der Waals surface area contributed by atoms with Gasteiger partial charge in [-0.15, -0.1) is 11.3 Å². The number of carbonyl (C=O) groups excluding carboxylic acids is 2. The molecule has 29 heavy (non-hydrogen) atoms. The van der Waals surface area contributed by atoms with Crippen LogP contribution in [0.2, 0.25) is 0 Å². The van der Waals surface area contributed by atoms with E-state index < -0.39 is 0 Å². The van der Waals surface area contributed by atoms with Crippen molar-refractivity contribution < 1.29 is 9.59 Å². The third-order valence-electron chi connectivity index (χ3n) is 6.00. The largest absolute Gasteiger partial charge is 0.349 e. The Morgan fingerprint density at radius 3 is 2.55 bits per heavy atom. The lowest BCUT2D eigenvalue weighted by atomic mass is 9.92. The smallest absolute Gasteiger partial charge is 0.253 e. The first-order valence-electron chi connectivity index (χ1n) is 10.5. The molecule has 3 heterocycles. The van der Waals surface area contributed by atoms with Crippen molar-refractivity contribution in [2.75, 3.05) is 13.1 Å². The molecule has 0 atom stereocenters. The van der Waals surface area contributed by atoms with Gasteiger partial charge >= 0.3 is 0 Å². The van der Waals surface area contributed by atoms with Gasteiger partial charge in [0.05, 0.1) is 22.7 Å². The zero-order valence-electron chi connectivity index (χ0n) is 16.9. The number of nitrogens with one attached hydrogen (secondary N) is 1. The number of likely N-dealkylation sites (tertiary alicyclic amines) is 1. The van der Waals surface area contributed by atoms with Crippen LogP contribution in [0.1, 0.15) is 71.2 Å². The van der Waals surface area contributed by atoms with E-state index in [0.717, 1.165) is 55.2 Å². The van der Waals surface area contributed by atoms with Crippen molar-refractivity contribution in [2.45, 2.75) is 63.8 Å². The molecule has 2 aliphatic rings.